The first-order chi connectivity index (χ1) is 9.00. The van der Waals surface area contributed by atoms with Gasteiger partial charge in [0.1, 0.15) is 0 Å². The summed E-state index contributed by atoms with van der Waals surface area (Å²) in [4.78, 5) is 24.1. The standard InChI is InChI=1S/C15H21NO3/c1-12(11-13-7-4-3-5-8-13)15(19)16(2)10-6-9-14(17)18/h3-5,7-8,12H,6,9-11H2,1-2H3,(H,17,18)/t12-/m1/s1. The van der Waals surface area contributed by atoms with Gasteiger partial charge in [0.15, 0.2) is 0 Å². The Morgan fingerprint density at radius 2 is 1.89 bits per heavy atom. The van der Waals surface area contributed by atoms with Gasteiger partial charge < -0.3 is 10.0 Å². The lowest BCUT2D eigenvalue weighted by atomic mass is 10.00. The second-order valence-electron chi connectivity index (χ2n) is 4.85. The molecule has 4 heteroatoms. The van der Waals surface area contributed by atoms with E-state index in [9.17, 15) is 9.59 Å². The largest absolute Gasteiger partial charge is 0.481 e. The number of hydrogen-bond acceptors (Lipinski definition) is 2. The minimum absolute atomic E-state index is 0.0641. The highest BCUT2D eigenvalue weighted by Crippen LogP contribution is 2.11. The Morgan fingerprint density at radius 3 is 2.47 bits per heavy atom. The molecule has 0 aliphatic carbocycles. The van der Waals surface area contributed by atoms with Gasteiger partial charge in [-0.3, -0.25) is 9.59 Å². The van der Waals surface area contributed by atoms with Crippen molar-refractivity contribution in [3.8, 4) is 0 Å². The van der Waals surface area contributed by atoms with Gasteiger partial charge in [0, 0.05) is 25.9 Å². The zero-order valence-corrected chi connectivity index (χ0v) is 11.5. The molecule has 1 N–H and O–H groups in total. The molecule has 1 amide bonds. The predicted octanol–water partition coefficient (Wildman–Crippen LogP) is 2.19. The molecule has 0 aromatic heterocycles. The van der Waals surface area contributed by atoms with E-state index in [4.69, 9.17) is 5.11 Å². The van der Waals surface area contributed by atoms with E-state index in [1.165, 1.54) is 0 Å². The molecular formula is C15H21NO3. The quantitative estimate of drug-likeness (QED) is 0.820. The number of aliphatic carboxylic acids is 1. The van der Waals surface area contributed by atoms with E-state index in [-0.39, 0.29) is 18.2 Å². The number of carboxylic acid groups (broad SMARTS) is 1. The average molecular weight is 263 g/mol. The lowest BCUT2D eigenvalue weighted by Gasteiger charge is -2.21. The number of carboxylic acids is 1. The highest BCUT2D eigenvalue weighted by atomic mass is 16.4. The summed E-state index contributed by atoms with van der Waals surface area (Å²) in [6.45, 7) is 2.40. The van der Waals surface area contributed by atoms with E-state index in [2.05, 4.69) is 0 Å². The van der Waals surface area contributed by atoms with Crippen LogP contribution in [0.1, 0.15) is 25.3 Å². The molecule has 19 heavy (non-hydrogen) atoms. The highest BCUT2D eigenvalue weighted by molar-refractivity contribution is 5.78. The van der Waals surface area contributed by atoms with Crippen molar-refractivity contribution in [2.75, 3.05) is 13.6 Å². The van der Waals surface area contributed by atoms with Crippen LogP contribution in [-0.4, -0.2) is 35.5 Å². The van der Waals surface area contributed by atoms with Crippen molar-refractivity contribution >= 4 is 11.9 Å². The van der Waals surface area contributed by atoms with E-state index in [1.54, 1.807) is 11.9 Å². The van der Waals surface area contributed by atoms with Crippen LogP contribution < -0.4 is 0 Å². The minimum Gasteiger partial charge on any atom is -0.481 e. The number of hydrogen-bond donors (Lipinski definition) is 1. The summed E-state index contributed by atoms with van der Waals surface area (Å²) in [6.07, 6.45) is 1.31. The maximum Gasteiger partial charge on any atom is 0.303 e. The first-order valence-corrected chi connectivity index (χ1v) is 6.51. The van der Waals surface area contributed by atoms with Crippen LogP contribution in [0.2, 0.25) is 0 Å². The van der Waals surface area contributed by atoms with Crippen LogP contribution in [0.5, 0.6) is 0 Å². The molecule has 0 saturated heterocycles. The highest BCUT2D eigenvalue weighted by Gasteiger charge is 2.17. The third kappa shape index (κ3) is 5.55. The van der Waals surface area contributed by atoms with Gasteiger partial charge >= 0.3 is 5.97 Å². The molecule has 0 radical (unpaired) electrons. The van der Waals surface area contributed by atoms with Crippen LogP contribution >= 0.6 is 0 Å². The van der Waals surface area contributed by atoms with Gasteiger partial charge in [-0.15, -0.1) is 0 Å². The molecule has 1 atom stereocenters. The minimum atomic E-state index is -0.821. The fourth-order valence-corrected chi connectivity index (χ4v) is 2.01. The maximum absolute atomic E-state index is 12.1. The van der Waals surface area contributed by atoms with Crippen molar-refractivity contribution < 1.29 is 14.7 Å². The normalized spacial score (nSPS) is 11.9. The molecule has 0 heterocycles. The number of amides is 1. The number of nitrogens with zero attached hydrogens (tertiary/aromatic N) is 1. The molecule has 0 unspecified atom stereocenters. The molecule has 1 rings (SSSR count). The summed E-state index contributed by atoms with van der Waals surface area (Å²) >= 11 is 0. The number of benzene rings is 1. The van der Waals surface area contributed by atoms with Crippen molar-refractivity contribution in [1.82, 2.24) is 4.90 Å². The lowest BCUT2D eigenvalue weighted by Crippen LogP contribution is -2.33. The molecular weight excluding hydrogens is 242 g/mol. The van der Waals surface area contributed by atoms with Gasteiger partial charge in [0.05, 0.1) is 0 Å². The third-order valence-electron chi connectivity index (χ3n) is 3.07. The van der Waals surface area contributed by atoms with Crippen LogP contribution in [0.3, 0.4) is 0 Å². The summed E-state index contributed by atoms with van der Waals surface area (Å²) in [5.41, 5.74) is 1.14. The van der Waals surface area contributed by atoms with Crippen LogP contribution in [0.15, 0.2) is 30.3 Å². The second kappa shape index (κ2) is 7.56. The summed E-state index contributed by atoms with van der Waals surface area (Å²) in [5, 5.41) is 8.57. The van der Waals surface area contributed by atoms with Crippen LogP contribution in [0.25, 0.3) is 0 Å². The van der Waals surface area contributed by atoms with E-state index in [0.717, 1.165) is 5.56 Å². The maximum atomic E-state index is 12.1. The SMILES string of the molecule is C[C@H](Cc1ccccc1)C(=O)N(C)CCCC(=O)O. The molecule has 0 fully saturated rings. The van der Waals surface area contributed by atoms with Gasteiger partial charge in [0.2, 0.25) is 5.91 Å². The van der Waals surface area contributed by atoms with E-state index < -0.39 is 5.97 Å². The average Bonchev–Trinajstić information content (AvgIpc) is 2.38. The lowest BCUT2D eigenvalue weighted by molar-refractivity contribution is -0.138. The van der Waals surface area contributed by atoms with E-state index in [0.29, 0.717) is 19.4 Å². The fraction of sp³-hybridized carbons (Fsp3) is 0.467. The van der Waals surface area contributed by atoms with Crippen molar-refractivity contribution in [1.29, 1.82) is 0 Å². The first kappa shape index (κ1) is 15.2. The van der Waals surface area contributed by atoms with E-state index in [1.807, 2.05) is 37.3 Å². The Hall–Kier alpha value is -1.84. The predicted molar refractivity (Wildman–Crippen MR) is 73.8 cm³/mol. The number of carbonyl (C=O) groups excluding carboxylic acids is 1. The van der Waals surface area contributed by atoms with Crippen LogP contribution in [0.4, 0.5) is 0 Å². The van der Waals surface area contributed by atoms with Crippen molar-refractivity contribution in [2.24, 2.45) is 5.92 Å². The number of carbonyl (C=O) groups is 2. The Bertz CT molecular complexity index is 417. The molecule has 1 aromatic carbocycles. The van der Waals surface area contributed by atoms with Gasteiger partial charge in [-0.2, -0.15) is 0 Å². The van der Waals surface area contributed by atoms with Crippen molar-refractivity contribution in [3.63, 3.8) is 0 Å². The topological polar surface area (TPSA) is 57.6 Å². The zero-order chi connectivity index (χ0) is 14.3. The van der Waals surface area contributed by atoms with Gasteiger partial charge in [-0.05, 0) is 18.4 Å². The molecule has 0 spiro atoms. The molecule has 104 valence electrons. The van der Waals surface area contributed by atoms with E-state index >= 15 is 0 Å². The Balaban J connectivity index is 2.41. The summed E-state index contributed by atoms with van der Waals surface area (Å²) in [5.74, 6) is -0.843. The molecule has 4 nitrogen and oxygen atoms in total. The summed E-state index contributed by atoms with van der Waals surface area (Å²) in [7, 11) is 1.73. The monoisotopic (exact) mass is 263 g/mol. The molecule has 0 bridgehead atoms. The van der Waals surface area contributed by atoms with Crippen molar-refractivity contribution in [3.05, 3.63) is 35.9 Å². The van der Waals surface area contributed by atoms with Gasteiger partial charge in [0.25, 0.3) is 0 Å². The number of rotatable bonds is 7. The Labute approximate surface area is 114 Å². The Kier molecular flexibility index (Phi) is 6.06. The first-order valence-electron chi connectivity index (χ1n) is 6.51. The third-order valence-corrected chi connectivity index (χ3v) is 3.07. The zero-order valence-electron chi connectivity index (χ0n) is 11.5. The van der Waals surface area contributed by atoms with Crippen molar-refractivity contribution in [2.45, 2.75) is 26.2 Å². The summed E-state index contributed by atoms with van der Waals surface area (Å²) < 4.78 is 0. The van der Waals surface area contributed by atoms with Gasteiger partial charge in [-0.25, -0.2) is 0 Å². The molecule has 0 saturated carbocycles. The molecule has 0 aliphatic heterocycles. The molecule has 1 aromatic rings. The fourth-order valence-electron chi connectivity index (χ4n) is 2.01. The smallest absolute Gasteiger partial charge is 0.303 e. The molecule has 0 aliphatic rings. The van der Waals surface area contributed by atoms with Gasteiger partial charge in [-0.1, -0.05) is 37.3 Å². The summed E-state index contributed by atoms with van der Waals surface area (Å²) in [6, 6.07) is 9.89. The Morgan fingerprint density at radius 1 is 1.26 bits per heavy atom. The second-order valence-corrected chi connectivity index (χ2v) is 4.85. The van der Waals surface area contributed by atoms with Crippen LogP contribution in [-0.2, 0) is 16.0 Å². The van der Waals surface area contributed by atoms with Crippen LogP contribution in [0, 0.1) is 5.92 Å².